The van der Waals surface area contributed by atoms with Crippen LogP contribution in [0, 0.1) is 6.92 Å². The highest BCUT2D eigenvalue weighted by Crippen LogP contribution is 2.30. The van der Waals surface area contributed by atoms with Crippen molar-refractivity contribution in [2.24, 2.45) is 0 Å². The van der Waals surface area contributed by atoms with E-state index in [1.807, 2.05) is 38.3 Å². The lowest BCUT2D eigenvalue weighted by atomic mass is 10.1. The Morgan fingerprint density at radius 2 is 1.60 bits per heavy atom. The molecule has 0 heterocycles. The van der Waals surface area contributed by atoms with Gasteiger partial charge in [-0.3, -0.25) is 9.10 Å². The van der Waals surface area contributed by atoms with Crippen LogP contribution in [-0.4, -0.2) is 41.3 Å². The van der Waals surface area contributed by atoms with Gasteiger partial charge in [0.2, 0.25) is 5.91 Å². The summed E-state index contributed by atoms with van der Waals surface area (Å²) in [7, 11) is -0.885. The Bertz CT molecular complexity index is 1260. The number of carbonyl (C=O) groups is 1. The quantitative estimate of drug-likeness (QED) is 0.391. The lowest BCUT2D eigenvalue weighted by molar-refractivity contribution is -0.120. The average Bonchev–Trinajstić information content (AvgIpc) is 2.87. The molecule has 0 fully saturated rings. The number of amides is 1. The first kappa shape index (κ1) is 26.4. The van der Waals surface area contributed by atoms with Crippen molar-refractivity contribution in [3.8, 4) is 11.5 Å². The minimum absolute atomic E-state index is 0.122. The van der Waals surface area contributed by atoms with Crippen molar-refractivity contribution in [3.05, 3.63) is 77.9 Å². The molecule has 0 aromatic heterocycles. The topological polar surface area (TPSA) is 84.9 Å². The number of hydrogen-bond donors (Lipinski definition) is 1. The third-order valence-electron chi connectivity index (χ3n) is 5.54. The van der Waals surface area contributed by atoms with Gasteiger partial charge in [0.25, 0.3) is 10.0 Å². The van der Waals surface area contributed by atoms with Crippen LogP contribution in [-0.2, 0) is 14.8 Å². The van der Waals surface area contributed by atoms with Crippen molar-refractivity contribution in [1.82, 2.24) is 5.32 Å². The molecule has 186 valence electrons. The summed E-state index contributed by atoms with van der Waals surface area (Å²) in [6, 6.07) is 18.7. The molecule has 7 nitrogen and oxygen atoms in total. The molecule has 0 unspecified atom stereocenters. The second-order valence-corrected chi connectivity index (χ2v) is 10.7. The van der Waals surface area contributed by atoms with Gasteiger partial charge in [0.15, 0.2) is 11.5 Å². The molecule has 0 spiro atoms. The number of methoxy groups -OCH3 is 2. The van der Waals surface area contributed by atoms with Gasteiger partial charge in [0.1, 0.15) is 6.54 Å². The van der Waals surface area contributed by atoms with Crippen LogP contribution >= 0.6 is 11.8 Å². The third-order valence-corrected chi connectivity index (χ3v) is 8.07. The zero-order chi connectivity index (χ0) is 25.6. The van der Waals surface area contributed by atoms with Gasteiger partial charge < -0.3 is 14.8 Å². The summed E-state index contributed by atoms with van der Waals surface area (Å²) in [5.74, 6) is 0.694. The van der Waals surface area contributed by atoms with Gasteiger partial charge in [-0.25, -0.2) is 8.42 Å². The Morgan fingerprint density at radius 3 is 2.17 bits per heavy atom. The van der Waals surface area contributed by atoms with Crippen LogP contribution in [0.1, 0.15) is 24.1 Å². The smallest absolute Gasteiger partial charge is 0.264 e. The number of hydrogen-bond acceptors (Lipinski definition) is 6. The molecule has 0 bridgehead atoms. The molecular formula is C26H30N2O5S2. The predicted molar refractivity (Wildman–Crippen MR) is 140 cm³/mol. The van der Waals surface area contributed by atoms with Gasteiger partial charge in [-0.05, 0) is 74.2 Å². The van der Waals surface area contributed by atoms with Crippen molar-refractivity contribution in [2.45, 2.75) is 29.7 Å². The number of thioether (sulfide) groups is 1. The molecule has 0 saturated carbocycles. The van der Waals surface area contributed by atoms with Crippen LogP contribution in [0.3, 0.4) is 0 Å². The van der Waals surface area contributed by atoms with E-state index in [2.05, 4.69) is 5.32 Å². The highest BCUT2D eigenvalue weighted by atomic mass is 32.2. The predicted octanol–water partition coefficient (Wildman–Crippen LogP) is 4.81. The van der Waals surface area contributed by atoms with Gasteiger partial charge in [0.05, 0.1) is 30.8 Å². The number of sulfonamides is 1. The molecule has 9 heteroatoms. The first-order chi connectivity index (χ1) is 16.7. The van der Waals surface area contributed by atoms with Crippen LogP contribution in [0.4, 0.5) is 5.69 Å². The summed E-state index contributed by atoms with van der Waals surface area (Å²) in [5.41, 5.74) is 2.20. The maximum atomic E-state index is 13.6. The molecule has 3 rings (SSSR count). The lowest BCUT2D eigenvalue weighted by Gasteiger charge is -2.25. The maximum Gasteiger partial charge on any atom is 0.264 e. The molecule has 3 aromatic rings. The van der Waals surface area contributed by atoms with E-state index in [1.54, 1.807) is 62.8 Å². The number of ether oxygens (including phenoxy) is 2. The molecule has 35 heavy (non-hydrogen) atoms. The number of nitrogens with one attached hydrogen (secondary N) is 1. The van der Waals surface area contributed by atoms with Crippen molar-refractivity contribution in [3.63, 3.8) is 0 Å². The largest absolute Gasteiger partial charge is 0.493 e. The van der Waals surface area contributed by atoms with Crippen molar-refractivity contribution < 1.29 is 22.7 Å². The molecule has 1 atom stereocenters. The number of nitrogens with zero attached hydrogens (tertiary/aromatic N) is 1. The van der Waals surface area contributed by atoms with Gasteiger partial charge in [0, 0.05) is 4.90 Å². The van der Waals surface area contributed by atoms with Crippen molar-refractivity contribution >= 4 is 33.4 Å². The van der Waals surface area contributed by atoms with Gasteiger partial charge >= 0.3 is 0 Å². The second-order valence-electron chi connectivity index (χ2n) is 7.93. The van der Waals surface area contributed by atoms with Crippen molar-refractivity contribution in [1.29, 1.82) is 0 Å². The van der Waals surface area contributed by atoms with E-state index < -0.39 is 15.9 Å². The molecule has 1 amide bonds. The molecule has 1 N–H and O–H groups in total. The van der Waals surface area contributed by atoms with E-state index >= 15 is 0 Å². The normalized spacial score (nSPS) is 12.0. The molecule has 0 aliphatic rings. The zero-order valence-corrected chi connectivity index (χ0v) is 22.1. The van der Waals surface area contributed by atoms with Gasteiger partial charge in [-0.15, -0.1) is 11.8 Å². The molecule has 0 aliphatic carbocycles. The number of rotatable bonds is 10. The Kier molecular flexibility index (Phi) is 8.69. The average molecular weight is 515 g/mol. The Morgan fingerprint density at radius 1 is 0.971 bits per heavy atom. The molecular weight excluding hydrogens is 484 g/mol. The first-order valence-corrected chi connectivity index (χ1v) is 13.6. The fraction of sp³-hybridized carbons (Fsp3) is 0.269. The zero-order valence-electron chi connectivity index (χ0n) is 20.4. The minimum atomic E-state index is -3.98. The second kappa shape index (κ2) is 11.5. The van der Waals surface area contributed by atoms with Crippen LogP contribution < -0.4 is 19.1 Å². The van der Waals surface area contributed by atoms with Gasteiger partial charge in [-0.1, -0.05) is 23.8 Å². The van der Waals surface area contributed by atoms with E-state index in [9.17, 15) is 13.2 Å². The summed E-state index contributed by atoms with van der Waals surface area (Å²) in [6.45, 7) is 3.37. The molecule has 0 aliphatic heterocycles. The van der Waals surface area contributed by atoms with E-state index in [0.29, 0.717) is 17.2 Å². The maximum absolute atomic E-state index is 13.6. The Hall–Kier alpha value is -3.17. The summed E-state index contributed by atoms with van der Waals surface area (Å²) in [6.07, 6.45) is 1.92. The third kappa shape index (κ3) is 6.29. The highest BCUT2D eigenvalue weighted by Gasteiger charge is 2.28. The van der Waals surface area contributed by atoms with Crippen molar-refractivity contribution in [2.75, 3.05) is 31.3 Å². The molecule has 0 saturated heterocycles. The summed E-state index contributed by atoms with van der Waals surface area (Å²) < 4.78 is 38.9. The number of aryl methyl sites for hydroxylation is 1. The van der Waals surface area contributed by atoms with E-state index in [1.165, 1.54) is 11.8 Å². The molecule has 0 radical (unpaired) electrons. The fourth-order valence-electron chi connectivity index (χ4n) is 3.52. The lowest BCUT2D eigenvalue weighted by Crippen LogP contribution is -2.41. The standard InChI is InChI=1S/C26H30N2O5S2/c1-18-6-9-21(10-7-18)28(35(30,31)23-13-11-22(34-5)12-14-23)17-26(29)27-19(2)20-8-15-24(32-3)25(16-20)33-4/h6-16,19H,17H2,1-5H3,(H,27,29)/t19-/m1/s1. The summed E-state index contributed by atoms with van der Waals surface area (Å²) in [4.78, 5) is 14.1. The highest BCUT2D eigenvalue weighted by molar-refractivity contribution is 7.98. The SMILES string of the molecule is COc1ccc([C@@H](C)NC(=O)CN(c2ccc(C)cc2)S(=O)(=O)c2ccc(SC)cc2)cc1OC. The minimum Gasteiger partial charge on any atom is -0.493 e. The number of carbonyl (C=O) groups excluding carboxylic acids is 1. The monoisotopic (exact) mass is 514 g/mol. The summed E-state index contributed by atoms with van der Waals surface area (Å²) >= 11 is 1.53. The van der Waals surface area contributed by atoms with Crippen LogP contribution in [0.25, 0.3) is 0 Å². The van der Waals surface area contributed by atoms with Crippen LogP contribution in [0.2, 0.25) is 0 Å². The van der Waals surface area contributed by atoms with E-state index in [0.717, 1.165) is 20.3 Å². The van der Waals surface area contributed by atoms with E-state index in [-0.39, 0.29) is 17.5 Å². The number of benzene rings is 3. The fourth-order valence-corrected chi connectivity index (χ4v) is 5.35. The first-order valence-electron chi connectivity index (χ1n) is 10.9. The Labute approximate surface area is 211 Å². The van der Waals surface area contributed by atoms with Crippen LogP contribution in [0.15, 0.2) is 76.5 Å². The molecule has 3 aromatic carbocycles. The van der Waals surface area contributed by atoms with Crippen LogP contribution in [0.5, 0.6) is 11.5 Å². The summed E-state index contributed by atoms with van der Waals surface area (Å²) in [5, 5.41) is 2.89. The number of anilines is 1. The van der Waals surface area contributed by atoms with Gasteiger partial charge in [-0.2, -0.15) is 0 Å². The van der Waals surface area contributed by atoms with E-state index in [4.69, 9.17) is 9.47 Å². The Balaban J connectivity index is 1.87.